The summed E-state index contributed by atoms with van der Waals surface area (Å²) in [6.45, 7) is 6.41. The molecule has 1 nitrogen and oxygen atoms in total. The molecule has 0 saturated carbocycles. The minimum Gasteiger partial charge on any atom is -0.276 e. The van der Waals surface area contributed by atoms with E-state index in [-0.39, 0.29) is 6.10 Å². The molecule has 56 valence electrons. The summed E-state index contributed by atoms with van der Waals surface area (Å²) in [6, 6.07) is 0. The van der Waals surface area contributed by atoms with Gasteiger partial charge in [-0.3, -0.25) is 4.29 Å². The van der Waals surface area contributed by atoms with Crippen LogP contribution in [0.4, 0.5) is 0 Å². The molecule has 0 heterocycles. The lowest BCUT2D eigenvalue weighted by atomic mass is 10.0. The van der Waals surface area contributed by atoms with Gasteiger partial charge in [0.2, 0.25) is 0 Å². The molecule has 0 aromatic heterocycles. The Morgan fingerprint density at radius 1 is 1.44 bits per heavy atom. The van der Waals surface area contributed by atoms with Gasteiger partial charge >= 0.3 is 0 Å². The van der Waals surface area contributed by atoms with Crippen LogP contribution in [0.2, 0.25) is 0 Å². The second-order valence-electron chi connectivity index (χ2n) is 2.75. The first-order chi connectivity index (χ1) is 4.20. The quantitative estimate of drug-likeness (QED) is 0.599. The third-order valence-corrected chi connectivity index (χ3v) is 1.57. The lowest BCUT2D eigenvalue weighted by Gasteiger charge is -2.11. The van der Waals surface area contributed by atoms with Gasteiger partial charge in [-0.2, -0.15) is 0 Å². The maximum Gasteiger partial charge on any atom is 0.0790 e. The molecule has 0 amide bonds. The molecule has 1 unspecified atom stereocenters. The Labute approximate surface area is 62.5 Å². The van der Waals surface area contributed by atoms with Crippen LogP contribution in [0.25, 0.3) is 0 Å². The second kappa shape index (κ2) is 5.07. The maximum absolute atomic E-state index is 5.21. The van der Waals surface area contributed by atoms with E-state index in [0.717, 1.165) is 12.8 Å². The molecule has 0 bridgehead atoms. The molecule has 9 heavy (non-hydrogen) atoms. The zero-order valence-electron chi connectivity index (χ0n) is 6.36. The Morgan fingerprint density at radius 2 is 2.00 bits per heavy atom. The van der Waals surface area contributed by atoms with E-state index >= 15 is 0 Å². The summed E-state index contributed by atoms with van der Waals surface area (Å²) < 4.78 is 4.68. The highest BCUT2D eigenvalue weighted by atomic mass is 35.5. The largest absolute Gasteiger partial charge is 0.276 e. The molecular weight excluding hydrogens is 136 g/mol. The van der Waals surface area contributed by atoms with Gasteiger partial charge in [-0.25, -0.2) is 0 Å². The fraction of sp³-hybridized carbons (Fsp3) is 1.00. The molecule has 0 aliphatic heterocycles. The van der Waals surface area contributed by atoms with Crippen molar-refractivity contribution in [2.45, 2.75) is 39.7 Å². The van der Waals surface area contributed by atoms with Gasteiger partial charge in [0, 0.05) is 0 Å². The van der Waals surface area contributed by atoms with Gasteiger partial charge in [0.15, 0.2) is 0 Å². The van der Waals surface area contributed by atoms with E-state index in [2.05, 4.69) is 25.1 Å². The van der Waals surface area contributed by atoms with E-state index in [1.54, 1.807) is 0 Å². The summed E-state index contributed by atoms with van der Waals surface area (Å²) in [6.07, 6.45) is 2.30. The highest BCUT2D eigenvalue weighted by molar-refractivity contribution is 6.07. The van der Waals surface area contributed by atoms with Crippen LogP contribution in [0.1, 0.15) is 33.6 Å². The summed E-state index contributed by atoms with van der Waals surface area (Å²) in [5.41, 5.74) is 0. The number of hydrogen-bond donors (Lipinski definition) is 0. The minimum absolute atomic E-state index is 0.242. The molecule has 2 heteroatoms. The molecule has 1 atom stereocenters. The van der Waals surface area contributed by atoms with Gasteiger partial charge in [0.05, 0.1) is 18.0 Å². The maximum atomic E-state index is 5.21. The average Bonchev–Trinajstić information content (AvgIpc) is 1.82. The average molecular weight is 151 g/mol. The Bertz CT molecular complexity index is 59.9. The molecule has 0 saturated heterocycles. The first-order valence-electron chi connectivity index (χ1n) is 3.48. The Morgan fingerprint density at radius 3 is 2.11 bits per heavy atom. The van der Waals surface area contributed by atoms with Crippen molar-refractivity contribution in [1.82, 2.24) is 0 Å². The Hall–Kier alpha value is 0.250. The highest BCUT2D eigenvalue weighted by Crippen LogP contribution is 2.12. The van der Waals surface area contributed by atoms with Gasteiger partial charge in [0.1, 0.15) is 0 Å². The van der Waals surface area contributed by atoms with E-state index in [1.165, 1.54) is 0 Å². The third-order valence-electron chi connectivity index (χ3n) is 1.32. The van der Waals surface area contributed by atoms with Crippen LogP contribution in [0.5, 0.6) is 0 Å². The number of halogens is 1. The van der Waals surface area contributed by atoms with Crippen LogP contribution in [-0.2, 0) is 4.29 Å². The lowest BCUT2D eigenvalue weighted by molar-refractivity contribution is 0.188. The molecule has 0 aliphatic carbocycles. The predicted molar refractivity (Wildman–Crippen MR) is 40.5 cm³/mol. The molecule has 0 radical (unpaired) electrons. The van der Waals surface area contributed by atoms with E-state index in [0.29, 0.717) is 5.92 Å². The summed E-state index contributed by atoms with van der Waals surface area (Å²) >= 11 is 5.21. The van der Waals surface area contributed by atoms with Gasteiger partial charge in [0.25, 0.3) is 0 Å². The van der Waals surface area contributed by atoms with Gasteiger partial charge < -0.3 is 0 Å². The standard InChI is InChI=1S/C7H15ClO/c1-4-7(9-8)5-6(2)3/h6-7H,4-5H2,1-3H3. The van der Waals surface area contributed by atoms with E-state index in [9.17, 15) is 0 Å². The van der Waals surface area contributed by atoms with Crippen molar-refractivity contribution >= 4 is 11.9 Å². The van der Waals surface area contributed by atoms with Crippen molar-refractivity contribution in [3.05, 3.63) is 0 Å². The first kappa shape index (κ1) is 9.25. The SMILES string of the molecule is CCC(CC(C)C)OCl. The Balaban J connectivity index is 3.31. The smallest absolute Gasteiger partial charge is 0.0790 e. The lowest BCUT2D eigenvalue weighted by Crippen LogP contribution is -2.09. The summed E-state index contributed by atoms with van der Waals surface area (Å²) in [5.74, 6) is 0.675. The van der Waals surface area contributed by atoms with Gasteiger partial charge in [-0.15, -0.1) is 0 Å². The van der Waals surface area contributed by atoms with Crippen LogP contribution < -0.4 is 0 Å². The van der Waals surface area contributed by atoms with Crippen molar-refractivity contribution in [3.63, 3.8) is 0 Å². The molecular formula is C7H15ClO. The summed E-state index contributed by atoms with van der Waals surface area (Å²) in [5, 5.41) is 0. The highest BCUT2D eigenvalue weighted by Gasteiger charge is 2.06. The molecule has 0 N–H and O–H groups in total. The molecule has 0 rings (SSSR count). The number of hydrogen-bond acceptors (Lipinski definition) is 1. The fourth-order valence-electron chi connectivity index (χ4n) is 0.792. The van der Waals surface area contributed by atoms with Gasteiger partial charge in [-0.05, 0) is 18.8 Å². The molecule has 0 aliphatic rings. The zero-order chi connectivity index (χ0) is 7.28. The van der Waals surface area contributed by atoms with Crippen molar-refractivity contribution in [3.8, 4) is 0 Å². The molecule has 0 fully saturated rings. The van der Waals surface area contributed by atoms with Crippen LogP contribution in [0.15, 0.2) is 0 Å². The second-order valence-corrected chi connectivity index (χ2v) is 2.93. The molecule has 0 aromatic carbocycles. The van der Waals surface area contributed by atoms with Gasteiger partial charge in [-0.1, -0.05) is 20.8 Å². The van der Waals surface area contributed by atoms with Crippen molar-refractivity contribution in [2.75, 3.05) is 0 Å². The van der Waals surface area contributed by atoms with Crippen molar-refractivity contribution in [2.24, 2.45) is 5.92 Å². The number of rotatable bonds is 4. The van der Waals surface area contributed by atoms with Crippen LogP contribution >= 0.6 is 11.9 Å². The molecule has 0 spiro atoms. The fourth-order valence-corrected chi connectivity index (χ4v) is 0.991. The van der Waals surface area contributed by atoms with Crippen molar-refractivity contribution < 1.29 is 4.29 Å². The van der Waals surface area contributed by atoms with E-state index < -0.39 is 0 Å². The van der Waals surface area contributed by atoms with E-state index in [4.69, 9.17) is 11.9 Å². The third kappa shape index (κ3) is 4.73. The zero-order valence-corrected chi connectivity index (χ0v) is 7.11. The monoisotopic (exact) mass is 150 g/mol. The van der Waals surface area contributed by atoms with E-state index in [1.807, 2.05) is 0 Å². The van der Waals surface area contributed by atoms with Crippen LogP contribution in [0.3, 0.4) is 0 Å². The van der Waals surface area contributed by atoms with Crippen LogP contribution in [0, 0.1) is 5.92 Å². The topological polar surface area (TPSA) is 9.23 Å². The predicted octanol–water partition coefficient (Wildman–Crippen LogP) is 2.98. The van der Waals surface area contributed by atoms with Crippen molar-refractivity contribution in [1.29, 1.82) is 0 Å². The van der Waals surface area contributed by atoms with Crippen LogP contribution in [-0.4, -0.2) is 6.10 Å². The summed E-state index contributed by atoms with van der Waals surface area (Å²) in [4.78, 5) is 0. The summed E-state index contributed by atoms with van der Waals surface area (Å²) in [7, 11) is 0. The first-order valence-corrected chi connectivity index (χ1v) is 3.79. The Kier molecular flexibility index (Phi) is 5.21. The molecule has 0 aromatic rings. The minimum atomic E-state index is 0.242. The normalized spacial score (nSPS) is 14.3.